The molecule has 208 valence electrons. The van der Waals surface area contributed by atoms with Crippen molar-refractivity contribution < 1.29 is 19.1 Å². The van der Waals surface area contributed by atoms with Crippen LogP contribution in [0.2, 0.25) is 0 Å². The highest BCUT2D eigenvalue weighted by atomic mass is 16.5. The van der Waals surface area contributed by atoms with Gasteiger partial charge in [0.15, 0.2) is 0 Å². The number of hydrogen-bond acceptors (Lipinski definition) is 4. The van der Waals surface area contributed by atoms with E-state index in [-0.39, 0.29) is 18.4 Å². The second kappa shape index (κ2) is 18.0. The number of ether oxygens (including phenoxy) is 1. The summed E-state index contributed by atoms with van der Waals surface area (Å²) in [5, 5.41) is 8.59. The van der Waals surface area contributed by atoms with E-state index >= 15 is 0 Å². The van der Waals surface area contributed by atoms with Crippen LogP contribution in [0.3, 0.4) is 0 Å². The average molecular weight is 524 g/mol. The Morgan fingerprint density at radius 3 is 1.97 bits per heavy atom. The number of benzene rings is 2. The minimum absolute atomic E-state index is 0.111. The van der Waals surface area contributed by atoms with E-state index in [1.165, 1.54) is 19.3 Å². The molecule has 0 unspecified atom stereocenters. The number of unbranched alkanes of at least 4 members (excludes halogenated alkanes) is 5. The highest BCUT2D eigenvalue weighted by molar-refractivity contribution is 5.91. The smallest absolute Gasteiger partial charge is 0.408 e. The maximum absolute atomic E-state index is 13.3. The molecule has 7 nitrogen and oxygen atoms in total. The molecule has 3 N–H and O–H groups in total. The normalized spacial score (nSPS) is 12.4. The Kier molecular flexibility index (Phi) is 14.6. The molecule has 2 rings (SSSR count). The van der Waals surface area contributed by atoms with Gasteiger partial charge >= 0.3 is 6.09 Å². The monoisotopic (exact) mass is 523 g/mol. The average Bonchev–Trinajstić information content (AvgIpc) is 2.91. The second-order valence-electron chi connectivity index (χ2n) is 10.2. The fraction of sp³-hybridized carbons (Fsp3) is 0.516. The van der Waals surface area contributed by atoms with Gasteiger partial charge in [-0.2, -0.15) is 0 Å². The third kappa shape index (κ3) is 12.7. The molecule has 3 amide bonds. The lowest BCUT2D eigenvalue weighted by Crippen LogP contribution is -2.54. The largest absolute Gasteiger partial charge is 0.445 e. The summed E-state index contributed by atoms with van der Waals surface area (Å²) in [7, 11) is 0. The summed E-state index contributed by atoms with van der Waals surface area (Å²) in [5.74, 6) is -0.467. The second-order valence-corrected chi connectivity index (χ2v) is 10.2. The van der Waals surface area contributed by atoms with Crippen LogP contribution in [0.4, 0.5) is 4.79 Å². The number of nitrogens with one attached hydrogen (secondary N) is 3. The van der Waals surface area contributed by atoms with E-state index in [1.54, 1.807) is 0 Å². The van der Waals surface area contributed by atoms with Gasteiger partial charge in [0.25, 0.3) is 0 Å². The summed E-state index contributed by atoms with van der Waals surface area (Å²) in [4.78, 5) is 38.9. The van der Waals surface area contributed by atoms with Crippen molar-refractivity contribution in [3.63, 3.8) is 0 Å². The first-order valence-electron chi connectivity index (χ1n) is 14.0. The molecule has 38 heavy (non-hydrogen) atoms. The molecule has 2 aromatic rings. The van der Waals surface area contributed by atoms with Gasteiger partial charge in [0.1, 0.15) is 18.7 Å². The van der Waals surface area contributed by atoms with Crippen molar-refractivity contribution in [1.82, 2.24) is 16.0 Å². The van der Waals surface area contributed by atoms with Crippen molar-refractivity contribution in [2.75, 3.05) is 6.54 Å². The van der Waals surface area contributed by atoms with Crippen LogP contribution in [-0.4, -0.2) is 36.5 Å². The molecule has 7 heteroatoms. The molecule has 0 saturated heterocycles. The molecule has 0 radical (unpaired) electrons. The molecule has 0 fully saturated rings. The van der Waals surface area contributed by atoms with Crippen LogP contribution in [0.5, 0.6) is 0 Å². The Morgan fingerprint density at radius 1 is 0.737 bits per heavy atom. The predicted octanol–water partition coefficient (Wildman–Crippen LogP) is 5.53. The van der Waals surface area contributed by atoms with Gasteiger partial charge in [-0.1, -0.05) is 114 Å². The fourth-order valence-electron chi connectivity index (χ4n) is 4.18. The van der Waals surface area contributed by atoms with Crippen LogP contribution in [0, 0.1) is 5.92 Å². The molecule has 2 aromatic carbocycles. The quantitative estimate of drug-likeness (QED) is 0.238. The van der Waals surface area contributed by atoms with Crippen molar-refractivity contribution in [1.29, 1.82) is 0 Å². The van der Waals surface area contributed by atoms with Gasteiger partial charge in [-0.25, -0.2) is 4.79 Å². The zero-order valence-corrected chi connectivity index (χ0v) is 23.2. The first-order chi connectivity index (χ1) is 18.4. The first kappa shape index (κ1) is 30.9. The number of amides is 3. The summed E-state index contributed by atoms with van der Waals surface area (Å²) in [5.41, 5.74) is 1.81. The minimum Gasteiger partial charge on any atom is -0.445 e. The van der Waals surface area contributed by atoms with E-state index in [2.05, 4.69) is 22.9 Å². The van der Waals surface area contributed by atoms with Gasteiger partial charge in [-0.15, -0.1) is 0 Å². The summed E-state index contributed by atoms with van der Waals surface area (Å²) < 4.78 is 5.33. The molecular formula is C31H45N3O4. The molecule has 0 aliphatic rings. The summed E-state index contributed by atoms with van der Waals surface area (Å²) in [6.07, 6.45) is 6.92. The molecule has 0 heterocycles. The van der Waals surface area contributed by atoms with Crippen LogP contribution in [0.1, 0.15) is 76.8 Å². The van der Waals surface area contributed by atoms with Crippen LogP contribution >= 0.6 is 0 Å². The Balaban J connectivity index is 1.98. The molecule has 0 saturated carbocycles. The van der Waals surface area contributed by atoms with Crippen LogP contribution in [-0.2, 0) is 27.4 Å². The van der Waals surface area contributed by atoms with E-state index in [9.17, 15) is 14.4 Å². The van der Waals surface area contributed by atoms with Gasteiger partial charge in [0, 0.05) is 13.0 Å². The number of hydrogen-bond donors (Lipinski definition) is 3. The molecule has 0 aromatic heterocycles. The molecule has 0 aliphatic carbocycles. The highest BCUT2D eigenvalue weighted by Gasteiger charge is 2.28. The first-order valence-corrected chi connectivity index (χ1v) is 14.0. The third-order valence-electron chi connectivity index (χ3n) is 6.27. The predicted molar refractivity (Wildman–Crippen MR) is 151 cm³/mol. The number of rotatable bonds is 17. The number of carbonyl (C=O) groups is 3. The van der Waals surface area contributed by atoms with E-state index < -0.39 is 24.1 Å². The van der Waals surface area contributed by atoms with Gasteiger partial charge in [-0.3, -0.25) is 9.59 Å². The van der Waals surface area contributed by atoms with Crippen molar-refractivity contribution >= 4 is 17.9 Å². The lowest BCUT2D eigenvalue weighted by molar-refractivity contribution is -0.130. The standard InChI is InChI=1S/C31H45N3O4/c1-4-5-6-7-8-15-20-32-29(35)28(22-25-16-11-9-12-17-25)33-30(36)27(21-24(2)3)34-31(37)38-23-26-18-13-10-14-19-26/h9-14,16-19,24,27-28H,4-8,15,20-23H2,1-3H3,(H,32,35)(H,33,36)(H,34,37)/t27-,28-/m0/s1. The molecular weight excluding hydrogens is 478 g/mol. The van der Waals surface area contributed by atoms with E-state index in [0.717, 1.165) is 30.4 Å². The van der Waals surface area contributed by atoms with E-state index in [0.29, 0.717) is 19.4 Å². The summed E-state index contributed by atoms with van der Waals surface area (Å²) in [6.45, 7) is 6.83. The zero-order valence-electron chi connectivity index (χ0n) is 23.2. The molecule has 2 atom stereocenters. The number of alkyl carbamates (subject to hydrolysis) is 1. The lowest BCUT2D eigenvalue weighted by Gasteiger charge is -2.24. The summed E-state index contributed by atoms with van der Waals surface area (Å²) in [6, 6.07) is 17.4. The van der Waals surface area contributed by atoms with Crippen LogP contribution in [0.15, 0.2) is 60.7 Å². The van der Waals surface area contributed by atoms with Gasteiger partial charge in [0.2, 0.25) is 11.8 Å². The number of carbonyl (C=O) groups excluding carboxylic acids is 3. The fourth-order valence-corrected chi connectivity index (χ4v) is 4.18. The highest BCUT2D eigenvalue weighted by Crippen LogP contribution is 2.10. The minimum atomic E-state index is -0.817. The molecule has 0 aliphatic heterocycles. The van der Waals surface area contributed by atoms with E-state index in [4.69, 9.17) is 4.74 Å². The van der Waals surface area contributed by atoms with Crippen molar-refractivity contribution in [3.8, 4) is 0 Å². The van der Waals surface area contributed by atoms with Crippen molar-refractivity contribution in [3.05, 3.63) is 71.8 Å². The Labute approximate surface area is 228 Å². The topological polar surface area (TPSA) is 96.5 Å². The Hall–Kier alpha value is -3.35. The Bertz CT molecular complexity index is 950. The lowest BCUT2D eigenvalue weighted by atomic mass is 10.0. The molecule has 0 spiro atoms. The van der Waals surface area contributed by atoms with Crippen molar-refractivity contribution in [2.45, 2.75) is 90.8 Å². The maximum atomic E-state index is 13.3. The Morgan fingerprint density at radius 2 is 1.34 bits per heavy atom. The summed E-state index contributed by atoms with van der Waals surface area (Å²) >= 11 is 0. The van der Waals surface area contributed by atoms with Crippen LogP contribution < -0.4 is 16.0 Å². The van der Waals surface area contributed by atoms with Gasteiger partial charge in [-0.05, 0) is 29.9 Å². The van der Waals surface area contributed by atoms with Gasteiger partial charge in [0.05, 0.1) is 0 Å². The SMILES string of the molecule is CCCCCCCCNC(=O)[C@H](Cc1ccccc1)NC(=O)[C@H](CC(C)C)NC(=O)OCc1ccccc1. The van der Waals surface area contributed by atoms with Crippen molar-refractivity contribution in [2.24, 2.45) is 5.92 Å². The zero-order chi connectivity index (χ0) is 27.6. The van der Waals surface area contributed by atoms with E-state index in [1.807, 2.05) is 74.5 Å². The van der Waals surface area contributed by atoms with Crippen LogP contribution in [0.25, 0.3) is 0 Å². The molecule has 0 bridgehead atoms. The maximum Gasteiger partial charge on any atom is 0.408 e. The van der Waals surface area contributed by atoms with Gasteiger partial charge < -0.3 is 20.7 Å². The third-order valence-corrected chi connectivity index (χ3v) is 6.27.